The first-order valence-electron chi connectivity index (χ1n) is 4.86. The Morgan fingerprint density at radius 3 is 2.57 bits per heavy atom. The van der Waals surface area contributed by atoms with Crippen LogP contribution >= 0.6 is 0 Å². The minimum Gasteiger partial charge on any atom is -0.496 e. The van der Waals surface area contributed by atoms with Gasteiger partial charge in [0.05, 0.1) is 7.11 Å². The first kappa shape index (κ1) is 10.8. The highest BCUT2D eigenvalue weighted by atomic mass is 16.5. The number of benzene rings is 1. The molecule has 0 fully saturated rings. The highest BCUT2D eigenvalue weighted by molar-refractivity contribution is 5.41. The Bertz CT molecular complexity index is 339. The van der Waals surface area contributed by atoms with Crippen molar-refractivity contribution in [2.24, 2.45) is 0 Å². The van der Waals surface area contributed by atoms with Gasteiger partial charge in [-0.3, -0.25) is 0 Å². The van der Waals surface area contributed by atoms with Crippen molar-refractivity contribution in [2.45, 2.75) is 26.7 Å². The Labute approximate surface area is 86.4 Å². The van der Waals surface area contributed by atoms with Crippen LogP contribution in [0.2, 0.25) is 0 Å². The van der Waals surface area contributed by atoms with Gasteiger partial charge in [-0.05, 0) is 19.9 Å². The minimum absolute atomic E-state index is 0.352. The van der Waals surface area contributed by atoms with Crippen molar-refractivity contribution in [3.63, 3.8) is 0 Å². The van der Waals surface area contributed by atoms with Gasteiger partial charge < -0.3 is 4.74 Å². The third-order valence-corrected chi connectivity index (χ3v) is 2.59. The van der Waals surface area contributed by atoms with Crippen molar-refractivity contribution >= 4 is 0 Å². The molecular weight excluding hydrogens is 172 g/mol. The standard InChI is InChI=1S/C13H18O/c1-9(2)11(4)12-8-10(3)6-7-13(12)14-5/h6-8,11H,1H2,2-5H3/t11-/m1/s1. The highest BCUT2D eigenvalue weighted by Crippen LogP contribution is 2.31. The van der Waals surface area contributed by atoms with Crippen LogP contribution in [-0.4, -0.2) is 7.11 Å². The molecule has 76 valence electrons. The van der Waals surface area contributed by atoms with Gasteiger partial charge in [-0.1, -0.05) is 36.8 Å². The number of hydrogen-bond acceptors (Lipinski definition) is 1. The fourth-order valence-corrected chi connectivity index (χ4v) is 1.46. The fraction of sp³-hybridized carbons (Fsp3) is 0.385. The van der Waals surface area contributed by atoms with E-state index < -0.39 is 0 Å². The summed E-state index contributed by atoms with van der Waals surface area (Å²) in [7, 11) is 1.71. The predicted molar refractivity (Wildman–Crippen MR) is 61.0 cm³/mol. The van der Waals surface area contributed by atoms with E-state index in [4.69, 9.17) is 4.74 Å². The van der Waals surface area contributed by atoms with Gasteiger partial charge in [-0.2, -0.15) is 0 Å². The molecule has 0 radical (unpaired) electrons. The second-order valence-corrected chi connectivity index (χ2v) is 3.81. The normalized spacial score (nSPS) is 12.3. The summed E-state index contributed by atoms with van der Waals surface area (Å²) >= 11 is 0. The quantitative estimate of drug-likeness (QED) is 0.660. The van der Waals surface area contributed by atoms with E-state index in [0.717, 1.165) is 11.3 Å². The molecule has 0 saturated carbocycles. The Kier molecular flexibility index (Phi) is 3.34. The van der Waals surface area contributed by atoms with E-state index in [1.807, 2.05) is 13.0 Å². The molecule has 1 rings (SSSR count). The average molecular weight is 190 g/mol. The predicted octanol–water partition coefficient (Wildman–Crippen LogP) is 3.68. The molecule has 0 spiro atoms. The average Bonchev–Trinajstić information content (AvgIpc) is 2.16. The molecule has 1 heteroatoms. The summed E-state index contributed by atoms with van der Waals surface area (Å²) in [4.78, 5) is 0. The largest absolute Gasteiger partial charge is 0.496 e. The van der Waals surface area contributed by atoms with E-state index in [0.29, 0.717) is 5.92 Å². The first-order chi connectivity index (χ1) is 6.56. The molecule has 0 unspecified atom stereocenters. The summed E-state index contributed by atoms with van der Waals surface area (Å²) in [6.45, 7) is 10.3. The van der Waals surface area contributed by atoms with Crippen LogP contribution in [0.15, 0.2) is 30.4 Å². The molecule has 1 aromatic rings. The van der Waals surface area contributed by atoms with Crippen LogP contribution in [0.3, 0.4) is 0 Å². The van der Waals surface area contributed by atoms with Gasteiger partial charge in [0, 0.05) is 11.5 Å². The van der Waals surface area contributed by atoms with Crippen molar-refractivity contribution in [3.05, 3.63) is 41.5 Å². The van der Waals surface area contributed by atoms with E-state index in [1.54, 1.807) is 7.11 Å². The Hall–Kier alpha value is -1.24. The summed E-state index contributed by atoms with van der Waals surface area (Å²) in [5.74, 6) is 1.30. The van der Waals surface area contributed by atoms with Crippen LogP contribution in [0.1, 0.15) is 30.9 Å². The number of methoxy groups -OCH3 is 1. The van der Waals surface area contributed by atoms with Crippen molar-refractivity contribution in [1.82, 2.24) is 0 Å². The van der Waals surface area contributed by atoms with Crippen LogP contribution in [-0.2, 0) is 0 Å². The number of aryl methyl sites for hydroxylation is 1. The van der Waals surface area contributed by atoms with Gasteiger partial charge in [0.15, 0.2) is 0 Å². The summed E-state index contributed by atoms with van der Waals surface area (Å²) < 4.78 is 5.33. The van der Waals surface area contributed by atoms with Crippen molar-refractivity contribution in [3.8, 4) is 5.75 Å². The van der Waals surface area contributed by atoms with Gasteiger partial charge in [0.1, 0.15) is 5.75 Å². The van der Waals surface area contributed by atoms with Crippen LogP contribution in [0.4, 0.5) is 0 Å². The molecule has 0 aliphatic heterocycles. The Balaban J connectivity index is 3.16. The van der Waals surface area contributed by atoms with Crippen LogP contribution in [0.25, 0.3) is 0 Å². The second kappa shape index (κ2) is 4.32. The molecule has 0 aliphatic carbocycles. The van der Waals surface area contributed by atoms with Gasteiger partial charge in [-0.15, -0.1) is 0 Å². The maximum atomic E-state index is 5.33. The Morgan fingerprint density at radius 1 is 1.43 bits per heavy atom. The zero-order valence-electron chi connectivity index (χ0n) is 9.42. The van der Waals surface area contributed by atoms with Gasteiger partial charge in [0.25, 0.3) is 0 Å². The first-order valence-corrected chi connectivity index (χ1v) is 4.86. The summed E-state index contributed by atoms with van der Waals surface area (Å²) in [6.07, 6.45) is 0. The molecule has 0 bridgehead atoms. The molecule has 14 heavy (non-hydrogen) atoms. The van der Waals surface area contributed by atoms with Gasteiger partial charge in [0.2, 0.25) is 0 Å². The number of hydrogen-bond donors (Lipinski definition) is 0. The maximum absolute atomic E-state index is 5.33. The maximum Gasteiger partial charge on any atom is 0.122 e. The smallest absolute Gasteiger partial charge is 0.122 e. The van der Waals surface area contributed by atoms with E-state index in [1.165, 1.54) is 11.1 Å². The monoisotopic (exact) mass is 190 g/mol. The SMILES string of the molecule is C=C(C)[C@@H](C)c1cc(C)ccc1OC. The van der Waals surface area contributed by atoms with Crippen LogP contribution < -0.4 is 4.74 Å². The van der Waals surface area contributed by atoms with Crippen LogP contribution in [0, 0.1) is 6.92 Å². The number of allylic oxidation sites excluding steroid dienone is 1. The lowest BCUT2D eigenvalue weighted by Gasteiger charge is -2.16. The minimum atomic E-state index is 0.352. The summed E-state index contributed by atoms with van der Waals surface area (Å²) in [5.41, 5.74) is 3.64. The third-order valence-electron chi connectivity index (χ3n) is 2.59. The molecule has 0 N–H and O–H groups in total. The van der Waals surface area contributed by atoms with Gasteiger partial charge in [-0.25, -0.2) is 0 Å². The summed E-state index contributed by atoms with van der Waals surface area (Å²) in [5, 5.41) is 0. The van der Waals surface area contributed by atoms with E-state index in [2.05, 4.69) is 32.6 Å². The number of ether oxygens (including phenoxy) is 1. The highest BCUT2D eigenvalue weighted by Gasteiger charge is 2.11. The molecular formula is C13H18O. The zero-order chi connectivity index (χ0) is 10.7. The lowest BCUT2D eigenvalue weighted by atomic mass is 9.93. The third kappa shape index (κ3) is 2.16. The molecule has 0 saturated heterocycles. The second-order valence-electron chi connectivity index (χ2n) is 3.81. The molecule has 0 aromatic heterocycles. The number of rotatable bonds is 3. The molecule has 1 atom stereocenters. The lowest BCUT2D eigenvalue weighted by Crippen LogP contribution is -1.98. The molecule has 1 aromatic carbocycles. The summed E-state index contributed by atoms with van der Waals surface area (Å²) in [6, 6.07) is 6.25. The van der Waals surface area contributed by atoms with Crippen LogP contribution in [0.5, 0.6) is 5.75 Å². The fourth-order valence-electron chi connectivity index (χ4n) is 1.46. The lowest BCUT2D eigenvalue weighted by molar-refractivity contribution is 0.408. The van der Waals surface area contributed by atoms with Crippen molar-refractivity contribution in [1.29, 1.82) is 0 Å². The van der Waals surface area contributed by atoms with Crippen molar-refractivity contribution in [2.75, 3.05) is 7.11 Å². The topological polar surface area (TPSA) is 9.23 Å². The molecule has 0 amide bonds. The molecule has 0 heterocycles. The molecule has 0 aliphatic rings. The van der Waals surface area contributed by atoms with E-state index in [9.17, 15) is 0 Å². The van der Waals surface area contributed by atoms with E-state index in [-0.39, 0.29) is 0 Å². The van der Waals surface area contributed by atoms with Gasteiger partial charge >= 0.3 is 0 Å². The molecule has 1 nitrogen and oxygen atoms in total. The van der Waals surface area contributed by atoms with Crippen molar-refractivity contribution < 1.29 is 4.74 Å². The van der Waals surface area contributed by atoms with E-state index >= 15 is 0 Å². The zero-order valence-corrected chi connectivity index (χ0v) is 9.42. The Morgan fingerprint density at radius 2 is 2.07 bits per heavy atom.